The van der Waals surface area contributed by atoms with Gasteiger partial charge in [-0.15, -0.1) is 0 Å². The molecule has 120 valence electrons. The molecule has 0 aliphatic heterocycles. The van der Waals surface area contributed by atoms with Crippen molar-refractivity contribution in [1.82, 2.24) is 10.3 Å². The number of pyridine rings is 1. The minimum absolute atomic E-state index is 0.499. The van der Waals surface area contributed by atoms with Crippen LogP contribution in [0.15, 0.2) is 18.3 Å². The highest BCUT2D eigenvalue weighted by Crippen LogP contribution is 2.16. The molecule has 0 spiro atoms. The molecular formula is C18H33N3. The molecule has 0 atom stereocenters. The number of hydrogen-bond acceptors (Lipinski definition) is 3. The molecule has 0 saturated heterocycles. The third-order valence-electron chi connectivity index (χ3n) is 3.61. The van der Waals surface area contributed by atoms with Gasteiger partial charge in [0.2, 0.25) is 0 Å². The van der Waals surface area contributed by atoms with Crippen molar-refractivity contribution < 1.29 is 0 Å². The van der Waals surface area contributed by atoms with Crippen LogP contribution in [0.4, 0.5) is 5.82 Å². The van der Waals surface area contributed by atoms with E-state index < -0.39 is 0 Å². The molecule has 0 aliphatic carbocycles. The van der Waals surface area contributed by atoms with Gasteiger partial charge in [0, 0.05) is 25.3 Å². The maximum absolute atomic E-state index is 4.66. The summed E-state index contributed by atoms with van der Waals surface area (Å²) in [7, 11) is 0. The first-order chi connectivity index (χ1) is 10.0. The normalized spacial score (nSPS) is 11.4. The highest BCUT2D eigenvalue weighted by Gasteiger charge is 2.11. The maximum Gasteiger partial charge on any atom is 0.128 e. The van der Waals surface area contributed by atoms with Gasteiger partial charge in [-0.1, -0.05) is 39.7 Å². The highest BCUT2D eigenvalue weighted by atomic mass is 15.2. The molecule has 0 aliphatic rings. The van der Waals surface area contributed by atoms with Crippen LogP contribution in [-0.2, 0) is 6.54 Å². The molecule has 0 radical (unpaired) electrons. The molecule has 1 rings (SSSR count). The summed E-state index contributed by atoms with van der Waals surface area (Å²) in [6, 6.07) is 4.86. The molecule has 1 aromatic rings. The summed E-state index contributed by atoms with van der Waals surface area (Å²) >= 11 is 0. The highest BCUT2D eigenvalue weighted by molar-refractivity contribution is 5.40. The Hall–Kier alpha value is -1.09. The lowest BCUT2D eigenvalue weighted by molar-refractivity contribution is 0.551. The summed E-state index contributed by atoms with van der Waals surface area (Å²) in [4.78, 5) is 7.07. The number of nitrogens with zero attached hydrogens (tertiary/aromatic N) is 2. The van der Waals surface area contributed by atoms with Crippen molar-refractivity contribution in [3.05, 3.63) is 23.9 Å². The van der Waals surface area contributed by atoms with E-state index in [0.29, 0.717) is 12.0 Å². The Balaban J connectivity index is 2.56. The summed E-state index contributed by atoms with van der Waals surface area (Å²) in [5, 5.41) is 3.46. The molecule has 0 unspecified atom stereocenters. The fraction of sp³-hybridized carbons (Fsp3) is 0.722. The quantitative estimate of drug-likeness (QED) is 0.654. The fourth-order valence-electron chi connectivity index (χ4n) is 2.37. The molecule has 3 heteroatoms. The average Bonchev–Trinajstić information content (AvgIpc) is 2.44. The van der Waals surface area contributed by atoms with Crippen LogP contribution >= 0.6 is 0 Å². The molecule has 21 heavy (non-hydrogen) atoms. The summed E-state index contributed by atoms with van der Waals surface area (Å²) in [6.07, 6.45) is 5.81. The van der Waals surface area contributed by atoms with E-state index in [9.17, 15) is 0 Å². The number of aromatic nitrogens is 1. The Morgan fingerprint density at radius 3 is 2.43 bits per heavy atom. The second-order valence-electron chi connectivity index (χ2n) is 6.54. The van der Waals surface area contributed by atoms with E-state index >= 15 is 0 Å². The Kier molecular flexibility index (Phi) is 8.36. The largest absolute Gasteiger partial charge is 0.354 e. The van der Waals surface area contributed by atoms with Gasteiger partial charge in [-0.25, -0.2) is 4.98 Å². The van der Waals surface area contributed by atoms with Crippen LogP contribution < -0.4 is 10.2 Å². The van der Waals surface area contributed by atoms with Crippen LogP contribution in [0.25, 0.3) is 0 Å². The molecule has 1 N–H and O–H groups in total. The zero-order chi connectivity index (χ0) is 15.7. The van der Waals surface area contributed by atoms with Crippen LogP contribution in [-0.4, -0.2) is 24.1 Å². The Labute approximate surface area is 131 Å². The van der Waals surface area contributed by atoms with E-state index in [1.807, 2.05) is 6.20 Å². The molecule has 0 saturated carbocycles. The first-order valence-electron chi connectivity index (χ1n) is 8.46. The first kappa shape index (κ1) is 18.0. The number of anilines is 1. The molecular weight excluding hydrogens is 258 g/mol. The minimum Gasteiger partial charge on any atom is -0.354 e. The van der Waals surface area contributed by atoms with Crippen molar-refractivity contribution in [3.63, 3.8) is 0 Å². The summed E-state index contributed by atoms with van der Waals surface area (Å²) in [5.41, 5.74) is 1.26. The minimum atomic E-state index is 0.499. The van der Waals surface area contributed by atoms with Crippen molar-refractivity contribution in [2.75, 3.05) is 18.0 Å². The molecule has 0 fully saturated rings. The molecule has 0 aromatic carbocycles. The second-order valence-corrected chi connectivity index (χ2v) is 6.54. The predicted molar refractivity (Wildman–Crippen MR) is 92.8 cm³/mol. The van der Waals surface area contributed by atoms with E-state index in [0.717, 1.165) is 25.5 Å². The third kappa shape index (κ3) is 6.94. The summed E-state index contributed by atoms with van der Waals surface area (Å²) in [5.74, 6) is 1.79. The average molecular weight is 291 g/mol. The number of rotatable bonds is 10. The lowest BCUT2D eigenvalue weighted by atomic mass is 10.2. The van der Waals surface area contributed by atoms with Gasteiger partial charge < -0.3 is 10.2 Å². The Morgan fingerprint density at radius 2 is 1.90 bits per heavy atom. The van der Waals surface area contributed by atoms with Crippen molar-refractivity contribution in [1.29, 1.82) is 0 Å². The van der Waals surface area contributed by atoms with Gasteiger partial charge in [-0.05, 0) is 44.4 Å². The zero-order valence-corrected chi connectivity index (χ0v) is 14.5. The van der Waals surface area contributed by atoms with Gasteiger partial charge in [0.15, 0.2) is 0 Å². The number of nitrogens with one attached hydrogen (secondary N) is 1. The van der Waals surface area contributed by atoms with Crippen molar-refractivity contribution in [2.24, 2.45) is 5.92 Å². The standard InChI is InChI=1S/C18H33N3/c1-6-7-8-11-21(16(4)5)18-10-9-17(14-20-18)13-19-12-15(2)3/h9-10,14-16,19H,6-8,11-13H2,1-5H3. The lowest BCUT2D eigenvalue weighted by Gasteiger charge is -2.28. The van der Waals surface area contributed by atoms with Crippen LogP contribution in [0.1, 0.15) is 59.4 Å². The van der Waals surface area contributed by atoms with Crippen molar-refractivity contribution in [2.45, 2.75) is 66.5 Å². The molecule has 1 aromatic heterocycles. The molecule has 0 amide bonds. The maximum atomic E-state index is 4.66. The topological polar surface area (TPSA) is 28.2 Å². The van der Waals surface area contributed by atoms with E-state index in [1.165, 1.54) is 24.8 Å². The zero-order valence-electron chi connectivity index (χ0n) is 14.5. The molecule has 3 nitrogen and oxygen atoms in total. The number of hydrogen-bond donors (Lipinski definition) is 1. The van der Waals surface area contributed by atoms with Crippen LogP contribution in [0.5, 0.6) is 0 Å². The SMILES string of the molecule is CCCCCN(c1ccc(CNCC(C)C)cn1)C(C)C. The van der Waals surface area contributed by atoms with Gasteiger partial charge in [0.1, 0.15) is 5.82 Å². The Morgan fingerprint density at radius 1 is 1.14 bits per heavy atom. The van der Waals surface area contributed by atoms with Crippen LogP contribution in [0.2, 0.25) is 0 Å². The first-order valence-corrected chi connectivity index (χ1v) is 8.46. The van der Waals surface area contributed by atoms with E-state index in [-0.39, 0.29) is 0 Å². The summed E-state index contributed by atoms with van der Waals surface area (Å²) < 4.78 is 0. The van der Waals surface area contributed by atoms with E-state index in [4.69, 9.17) is 0 Å². The Bertz CT molecular complexity index is 371. The van der Waals surface area contributed by atoms with Gasteiger partial charge in [-0.3, -0.25) is 0 Å². The fourth-order valence-corrected chi connectivity index (χ4v) is 2.37. The van der Waals surface area contributed by atoms with Gasteiger partial charge >= 0.3 is 0 Å². The van der Waals surface area contributed by atoms with Crippen LogP contribution in [0.3, 0.4) is 0 Å². The smallest absolute Gasteiger partial charge is 0.128 e. The third-order valence-corrected chi connectivity index (χ3v) is 3.61. The monoisotopic (exact) mass is 291 g/mol. The van der Waals surface area contributed by atoms with Gasteiger partial charge in [0.05, 0.1) is 0 Å². The van der Waals surface area contributed by atoms with Crippen molar-refractivity contribution in [3.8, 4) is 0 Å². The van der Waals surface area contributed by atoms with Crippen molar-refractivity contribution >= 4 is 5.82 Å². The van der Waals surface area contributed by atoms with Gasteiger partial charge in [0.25, 0.3) is 0 Å². The molecule has 0 bridgehead atoms. The predicted octanol–water partition coefficient (Wildman–Crippen LogP) is 4.23. The van der Waals surface area contributed by atoms with E-state index in [2.05, 4.69) is 62.0 Å². The van der Waals surface area contributed by atoms with Gasteiger partial charge in [-0.2, -0.15) is 0 Å². The lowest BCUT2D eigenvalue weighted by Crippen LogP contribution is -2.32. The second kappa shape index (κ2) is 9.78. The molecule has 1 heterocycles. The van der Waals surface area contributed by atoms with Crippen LogP contribution in [0, 0.1) is 5.92 Å². The number of unbranched alkanes of at least 4 members (excludes halogenated alkanes) is 2. The summed E-state index contributed by atoms with van der Waals surface area (Å²) in [6.45, 7) is 14.2. The van der Waals surface area contributed by atoms with E-state index in [1.54, 1.807) is 0 Å².